The second-order valence-electron chi connectivity index (χ2n) is 12.3. The highest BCUT2D eigenvalue weighted by Gasteiger charge is 2.75. The van der Waals surface area contributed by atoms with Gasteiger partial charge in [0.1, 0.15) is 24.1 Å². The van der Waals surface area contributed by atoms with E-state index in [1.807, 2.05) is 30.3 Å². The summed E-state index contributed by atoms with van der Waals surface area (Å²) in [5, 5.41) is 6.17. The summed E-state index contributed by atoms with van der Waals surface area (Å²) in [6, 6.07) is 13.8. The average molecular weight is 623 g/mol. The molecule has 0 radical (unpaired) electrons. The molecular formula is C33H36F2N4O6. The van der Waals surface area contributed by atoms with Gasteiger partial charge in [-0.1, -0.05) is 36.4 Å². The normalized spacial score (nSPS) is 24.3. The lowest BCUT2D eigenvalue weighted by atomic mass is 9.90. The SMILES string of the molecule is COc1cccc2[nH]c(C(=O)N3C[C@]4(C[C@H]3C(=O)NC(C[C@@H]3CCCNC3=O)C(=O)COCc3ccccc3)CC4(F)F)cc12. The van der Waals surface area contributed by atoms with Gasteiger partial charge in [0.15, 0.2) is 5.78 Å². The predicted molar refractivity (Wildman–Crippen MR) is 160 cm³/mol. The minimum atomic E-state index is -3.01. The molecule has 3 amide bonds. The summed E-state index contributed by atoms with van der Waals surface area (Å²) in [6.45, 7) is 0.0954. The van der Waals surface area contributed by atoms with Crippen molar-refractivity contribution in [1.29, 1.82) is 0 Å². The molecule has 4 atom stereocenters. The van der Waals surface area contributed by atoms with Crippen molar-refractivity contribution in [3.63, 3.8) is 0 Å². The van der Waals surface area contributed by atoms with Gasteiger partial charge in [-0.25, -0.2) is 8.78 Å². The Labute approximate surface area is 258 Å². The van der Waals surface area contributed by atoms with E-state index < -0.39 is 53.4 Å². The zero-order valence-corrected chi connectivity index (χ0v) is 24.9. The van der Waals surface area contributed by atoms with Crippen LogP contribution in [0.4, 0.5) is 8.78 Å². The van der Waals surface area contributed by atoms with Gasteiger partial charge in [0.2, 0.25) is 11.8 Å². The minimum Gasteiger partial charge on any atom is -0.496 e. The fourth-order valence-electron chi connectivity index (χ4n) is 6.61. The number of Topliss-reactive ketones (excluding diaryl/α,β-unsaturated/α-hetero) is 1. The number of likely N-dealkylation sites (tertiary alicyclic amines) is 1. The Morgan fingerprint density at radius 3 is 2.62 bits per heavy atom. The number of nitrogens with one attached hydrogen (secondary N) is 3. The third kappa shape index (κ3) is 6.15. The van der Waals surface area contributed by atoms with E-state index in [1.54, 1.807) is 24.3 Å². The Kier molecular flexibility index (Phi) is 8.34. The monoisotopic (exact) mass is 622 g/mol. The number of halogens is 2. The molecule has 1 aliphatic carbocycles. The smallest absolute Gasteiger partial charge is 0.271 e. The first-order valence-electron chi connectivity index (χ1n) is 15.2. The molecule has 6 rings (SSSR count). The zero-order chi connectivity index (χ0) is 31.8. The number of benzene rings is 2. The maximum Gasteiger partial charge on any atom is 0.271 e. The predicted octanol–water partition coefficient (Wildman–Crippen LogP) is 3.60. The molecule has 0 bridgehead atoms. The summed E-state index contributed by atoms with van der Waals surface area (Å²) in [7, 11) is 1.50. The van der Waals surface area contributed by atoms with Crippen LogP contribution in [0.2, 0.25) is 0 Å². The molecule has 1 aromatic heterocycles. The van der Waals surface area contributed by atoms with Crippen LogP contribution in [0.5, 0.6) is 5.75 Å². The molecule has 238 valence electrons. The molecule has 3 fully saturated rings. The highest BCUT2D eigenvalue weighted by Crippen LogP contribution is 2.66. The van der Waals surface area contributed by atoms with Crippen molar-refractivity contribution in [3.8, 4) is 5.75 Å². The Bertz CT molecular complexity index is 1610. The summed E-state index contributed by atoms with van der Waals surface area (Å²) >= 11 is 0. The molecule has 3 heterocycles. The molecule has 2 aromatic carbocycles. The van der Waals surface area contributed by atoms with Crippen molar-refractivity contribution in [2.45, 2.75) is 56.7 Å². The van der Waals surface area contributed by atoms with Gasteiger partial charge in [-0.15, -0.1) is 0 Å². The van der Waals surface area contributed by atoms with Gasteiger partial charge >= 0.3 is 0 Å². The van der Waals surface area contributed by atoms with Crippen LogP contribution in [-0.2, 0) is 25.7 Å². The first-order chi connectivity index (χ1) is 21.6. The molecule has 3 N–H and O–H groups in total. The Morgan fingerprint density at radius 1 is 1.13 bits per heavy atom. The summed E-state index contributed by atoms with van der Waals surface area (Å²) in [5.41, 5.74) is 0.115. The number of ether oxygens (including phenoxy) is 2. The van der Waals surface area contributed by atoms with E-state index >= 15 is 0 Å². The third-order valence-electron chi connectivity index (χ3n) is 9.26. The van der Waals surface area contributed by atoms with Crippen LogP contribution >= 0.6 is 0 Å². The number of aromatic amines is 1. The quantitative estimate of drug-likeness (QED) is 0.300. The van der Waals surface area contributed by atoms with Crippen LogP contribution in [0.3, 0.4) is 0 Å². The van der Waals surface area contributed by atoms with Crippen LogP contribution in [0.1, 0.15) is 48.2 Å². The first kappa shape index (κ1) is 30.7. The highest BCUT2D eigenvalue weighted by atomic mass is 19.3. The topological polar surface area (TPSA) is 130 Å². The Morgan fingerprint density at radius 2 is 1.91 bits per heavy atom. The number of rotatable bonds is 11. The second-order valence-corrected chi connectivity index (χ2v) is 12.3. The van der Waals surface area contributed by atoms with Gasteiger partial charge in [-0.3, -0.25) is 19.2 Å². The van der Waals surface area contributed by atoms with Crippen molar-refractivity contribution in [3.05, 3.63) is 65.9 Å². The molecule has 1 saturated carbocycles. The van der Waals surface area contributed by atoms with Crippen LogP contribution < -0.4 is 15.4 Å². The molecule has 10 nitrogen and oxygen atoms in total. The third-order valence-corrected chi connectivity index (χ3v) is 9.26. The number of hydrogen-bond acceptors (Lipinski definition) is 6. The number of fused-ring (bicyclic) bond motifs is 1. The van der Waals surface area contributed by atoms with Gasteiger partial charge in [0, 0.05) is 36.3 Å². The van der Waals surface area contributed by atoms with Gasteiger partial charge < -0.3 is 30.0 Å². The van der Waals surface area contributed by atoms with Crippen molar-refractivity contribution in [2.24, 2.45) is 11.3 Å². The first-order valence-corrected chi connectivity index (χ1v) is 15.2. The van der Waals surface area contributed by atoms with Gasteiger partial charge in [-0.2, -0.15) is 0 Å². The molecule has 1 unspecified atom stereocenters. The van der Waals surface area contributed by atoms with E-state index in [2.05, 4.69) is 15.6 Å². The van der Waals surface area contributed by atoms with E-state index in [0.717, 1.165) is 12.0 Å². The average Bonchev–Trinajstić information content (AvgIpc) is 3.36. The minimum absolute atomic E-state index is 0.0366. The van der Waals surface area contributed by atoms with Crippen LogP contribution in [-0.4, -0.2) is 78.2 Å². The number of ketones is 1. The molecule has 45 heavy (non-hydrogen) atoms. The number of nitrogens with zero attached hydrogens (tertiary/aromatic N) is 1. The number of amides is 3. The molecule has 3 aliphatic rings. The summed E-state index contributed by atoms with van der Waals surface area (Å²) in [4.78, 5) is 57.8. The lowest BCUT2D eigenvalue weighted by Crippen LogP contribution is -2.53. The fraction of sp³-hybridized carbons (Fsp3) is 0.455. The van der Waals surface area contributed by atoms with Crippen LogP contribution in [0.25, 0.3) is 10.9 Å². The van der Waals surface area contributed by atoms with Crippen molar-refractivity contribution in [1.82, 2.24) is 20.5 Å². The van der Waals surface area contributed by atoms with E-state index in [0.29, 0.717) is 29.6 Å². The van der Waals surface area contributed by atoms with Gasteiger partial charge in [0.25, 0.3) is 11.8 Å². The van der Waals surface area contributed by atoms with E-state index in [1.165, 1.54) is 12.0 Å². The maximum atomic E-state index is 14.6. The highest BCUT2D eigenvalue weighted by molar-refractivity contribution is 6.02. The molecule has 12 heteroatoms. The Hall–Kier alpha value is -4.32. The number of aromatic nitrogens is 1. The largest absolute Gasteiger partial charge is 0.496 e. The molecular weight excluding hydrogens is 586 g/mol. The lowest BCUT2D eigenvalue weighted by Gasteiger charge is -2.29. The van der Waals surface area contributed by atoms with Crippen LogP contribution in [0.15, 0.2) is 54.6 Å². The Balaban J connectivity index is 1.22. The zero-order valence-electron chi connectivity index (χ0n) is 24.9. The maximum absolute atomic E-state index is 14.6. The molecule has 1 spiro atoms. The van der Waals surface area contributed by atoms with E-state index in [-0.39, 0.29) is 44.2 Å². The van der Waals surface area contributed by atoms with Crippen molar-refractivity contribution in [2.75, 3.05) is 26.8 Å². The van der Waals surface area contributed by atoms with Gasteiger partial charge in [0.05, 0.1) is 25.2 Å². The summed E-state index contributed by atoms with van der Waals surface area (Å²) < 4.78 is 40.3. The van der Waals surface area contributed by atoms with E-state index in [9.17, 15) is 28.0 Å². The second kappa shape index (κ2) is 12.2. The number of alkyl halides is 2. The number of carbonyl (C=O) groups excluding carboxylic acids is 4. The fourth-order valence-corrected chi connectivity index (χ4v) is 6.61. The van der Waals surface area contributed by atoms with E-state index in [4.69, 9.17) is 9.47 Å². The molecule has 2 aliphatic heterocycles. The number of piperidine rings is 1. The number of carbonyl (C=O) groups is 4. The van der Waals surface area contributed by atoms with Crippen molar-refractivity contribution >= 4 is 34.4 Å². The number of methoxy groups -OCH3 is 1. The molecule has 3 aromatic rings. The standard InChI is InChI=1S/C33H36F2N4O6/c1-44-28-11-5-10-23-22(28)14-25(37-23)31(43)39-19-32(18-33(32,34)35)15-26(39)30(42)38-24(13-21-9-6-12-36-29(21)41)27(40)17-45-16-20-7-3-2-4-8-20/h2-5,7-8,10-11,14,21,24,26,37H,6,9,12-13,15-19H2,1H3,(H,36,41)(H,38,42)/t21-,24?,26-,32-/m0/s1. The van der Waals surface area contributed by atoms with Crippen molar-refractivity contribution < 1.29 is 37.4 Å². The lowest BCUT2D eigenvalue weighted by molar-refractivity contribution is -0.134. The molecule has 2 saturated heterocycles. The van der Waals surface area contributed by atoms with Gasteiger partial charge in [-0.05, 0) is 49.4 Å². The summed E-state index contributed by atoms with van der Waals surface area (Å²) in [6.07, 6.45) is 0.647. The number of H-pyrrole nitrogens is 1. The summed E-state index contributed by atoms with van der Waals surface area (Å²) in [5.74, 6) is -4.95. The van der Waals surface area contributed by atoms with Crippen LogP contribution in [0, 0.1) is 11.3 Å². The number of hydrogen-bond donors (Lipinski definition) is 3.